The second-order valence-corrected chi connectivity index (χ2v) is 8.27. The van der Waals surface area contributed by atoms with Crippen molar-refractivity contribution in [1.82, 2.24) is 4.57 Å². The van der Waals surface area contributed by atoms with Gasteiger partial charge in [0.05, 0.1) is 37.5 Å². The molecule has 3 rings (SSSR count). The number of thiazole rings is 1. The highest BCUT2D eigenvalue weighted by Gasteiger charge is 2.14. The van der Waals surface area contributed by atoms with Gasteiger partial charge in [-0.25, -0.2) is 0 Å². The van der Waals surface area contributed by atoms with Gasteiger partial charge in [-0.1, -0.05) is 29.0 Å². The molecule has 2 aromatic carbocycles. The highest BCUT2D eigenvalue weighted by atomic mass is 32.1. The molecule has 1 aromatic heterocycles. The van der Waals surface area contributed by atoms with Gasteiger partial charge in [-0.3, -0.25) is 4.79 Å². The van der Waals surface area contributed by atoms with E-state index in [-0.39, 0.29) is 12.3 Å². The van der Waals surface area contributed by atoms with Crippen LogP contribution in [0.1, 0.15) is 22.3 Å². The SMILES string of the molecule is COCCn1c(=NC(=O)Cc2c(C)cc(C)cc2C)sc2cc(OC)c(OC)cc21. The van der Waals surface area contributed by atoms with Crippen LogP contribution in [0.2, 0.25) is 0 Å². The lowest BCUT2D eigenvalue weighted by atomic mass is 9.97. The maximum absolute atomic E-state index is 12.9. The third-order valence-electron chi connectivity index (χ3n) is 5.10. The van der Waals surface area contributed by atoms with Crippen molar-refractivity contribution in [3.8, 4) is 11.5 Å². The molecule has 30 heavy (non-hydrogen) atoms. The third-order valence-corrected chi connectivity index (χ3v) is 6.14. The predicted molar refractivity (Wildman–Crippen MR) is 120 cm³/mol. The summed E-state index contributed by atoms with van der Waals surface area (Å²) in [7, 11) is 4.87. The minimum absolute atomic E-state index is 0.165. The summed E-state index contributed by atoms with van der Waals surface area (Å²) in [6.07, 6.45) is 0.281. The highest BCUT2D eigenvalue weighted by molar-refractivity contribution is 7.16. The number of carbonyl (C=O) groups excluding carboxylic acids is 1. The Labute approximate surface area is 180 Å². The molecule has 6 nitrogen and oxygen atoms in total. The van der Waals surface area contributed by atoms with Gasteiger partial charge in [-0.2, -0.15) is 4.99 Å². The molecule has 0 atom stereocenters. The lowest BCUT2D eigenvalue weighted by Crippen LogP contribution is -2.20. The highest BCUT2D eigenvalue weighted by Crippen LogP contribution is 2.33. The van der Waals surface area contributed by atoms with Crippen molar-refractivity contribution in [2.75, 3.05) is 27.9 Å². The second kappa shape index (κ2) is 9.45. The number of fused-ring (bicyclic) bond motifs is 1. The van der Waals surface area contributed by atoms with E-state index in [0.29, 0.717) is 29.5 Å². The summed E-state index contributed by atoms with van der Waals surface area (Å²) in [5.74, 6) is 1.12. The minimum atomic E-state index is -0.165. The van der Waals surface area contributed by atoms with Gasteiger partial charge in [0.15, 0.2) is 16.3 Å². The van der Waals surface area contributed by atoms with Crippen molar-refractivity contribution >= 4 is 27.5 Å². The Morgan fingerprint density at radius 1 is 1.00 bits per heavy atom. The monoisotopic (exact) mass is 428 g/mol. The summed E-state index contributed by atoms with van der Waals surface area (Å²) < 4.78 is 19.1. The van der Waals surface area contributed by atoms with Crippen LogP contribution in [0.25, 0.3) is 10.2 Å². The second-order valence-electron chi connectivity index (χ2n) is 7.26. The molecule has 0 aliphatic heterocycles. The van der Waals surface area contributed by atoms with Crippen LogP contribution in [-0.4, -0.2) is 38.4 Å². The van der Waals surface area contributed by atoms with Gasteiger partial charge < -0.3 is 18.8 Å². The van der Waals surface area contributed by atoms with Crippen LogP contribution in [0.5, 0.6) is 11.5 Å². The fourth-order valence-electron chi connectivity index (χ4n) is 3.67. The normalized spacial score (nSPS) is 11.9. The summed E-state index contributed by atoms with van der Waals surface area (Å²) in [6.45, 7) is 7.24. The van der Waals surface area contributed by atoms with E-state index >= 15 is 0 Å². The first-order chi connectivity index (χ1) is 14.4. The van der Waals surface area contributed by atoms with Crippen molar-refractivity contribution in [2.45, 2.75) is 33.7 Å². The zero-order valence-electron chi connectivity index (χ0n) is 18.4. The lowest BCUT2D eigenvalue weighted by molar-refractivity contribution is -0.117. The van der Waals surface area contributed by atoms with E-state index in [1.165, 1.54) is 16.9 Å². The fraction of sp³-hybridized carbons (Fsp3) is 0.391. The Kier molecular flexibility index (Phi) is 6.95. The lowest BCUT2D eigenvalue weighted by Gasteiger charge is -2.10. The Morgan fingerprint density at radius 3 is 2.23 bits per heavy atom. The van der Waals surface area contributed by atoms with E-state index in [2.05, 4.69) is 24.0 Å². The summed E-state index contributed by atoms with van der Waals surface area (Å²) in [4.78, 5) is 18.0. The number of rotatable bonds is 7. The number of ether oxygens (including phenoxy) is 3. The van der Waals surface area contributed by atoms with E-state index in [1.807, 2.05) is 30.5 Å². The van der Waals surface area contributed by atoms with Crippen LogP contribution >= 0.6 is 11.3 Å². The molecule has 160 valence electrons. The van der Waals surface area contributed by atoms with Gasteiger partial charge in [0, 0.05) is 25.8 Å². The molecule has 0 saturated heterocycles. The minimum Gasteiger partial charge on any atom is -0.493 e. The molecule has 0 saturated carbocycles. The number of carbonyl (C=O) groups is 1. The fourth-order valence-corrected chi connectivity index (χ4v) is 4.75. The standard InChI is InChI=1S/C23H28N2O4S/c1-14-9-15(2)17(16(3)10-14)11-22(26)24-23-25(7-8-27-4)18-12-19(28-5)20(29-6)13-21(18)30-23/h9-10,12-13H,7-8,11H2,1-6H3. The summed E-state index contributed by atoms with van der Waals surface area (Å²) >= 11 is 1.46. The van der Waals surface area contributed by atoms with Crippen LogP contribution in [0.3, 0.4) is 0 Å². The van der Waals surface area contributed by atoms with E-state index < -0.39 is 0 Å². The molecule has 0 aliphatic carbocycles. The molecule has 7 heteroatoms. The maximum atomic E-state index is 12.9. The third kappa shape index (κ3) is 4.57. The number of methoxy groups -OCH3 is 3. The summed E-state index contributed by atoms with van der Waals surface area (Å²) in [6, 6.07) is 8.04. The van der Waals surface area contributed by atoms with E-state index in [9.17, 15) is 4.79 Å². The van der Waals surface area contributed by atoms with Gasteiger partial charge in [-0.15, -0.1) is 0 Å². The molecule has 3 aromatic rings. The molecular weight excluding hydrogens is 400 g/mol. The number of aromatic nitrogens is 1. The van der Waals surface area contributed by atoms with Gasteiger partial charge in [0.1, 0.15) is 0 Å². The van der Waals surface area contributed by atoms with Crippen molar-refractivity contribution in [2.24, 2.45) is 4.99 Å². The Bertz CT molecular complexity index is 1120. The maximum Gasteiger partial charge on any atom is 0.252 e. The zero-order chi connectivity index (χ0) is 21.8. The first kappa shape index (κ1) is 22.1. The smallest absolute Gasteiger partial charge is 0.252 e. The van der Waals surface area contributed by atoms with E-state index in [0.717, 1.165) is 26.9 Å². The number of amides is 1. The van der Waals surface area contributed by atoms with E-state index in [4.69, 9.17) is 14.2 Å². The number of hydrogen-bond acceptors (Lipinski definition) is 5. The Hall–Kier alpha value is -2.64. The van der Waals surface area contributed by atoms with E-state index in [1.54, 1.807) is 21.3 Å². The quantitative estimate of drug-likeness (QED) is 0.571. The number of benzene rings is 2. The molecular formula is C23H28N2O4S. The van der Waals surface area contributed by atoms with Gasteiger partial charge in [0.2, 0.25) is 0 Å². The van der Waals surface area contributed by atoms with Crippen LogP contribution < -0.4 is 14.3 Å². The van der Waals surface area contributed by atoms with Crippen LogP contribution in [0.4, 0.5) is 0 Å². The van der Waals surface area contributed by atoms with Crippen molar-refractivity contribution in [1.29, 1.82) is 0 Å². The average molecular weight is 429 g/mol. The molecule has 0 unspecified atom stereocenters. The summed E-state index contributed by atoms with van der Waals surface area (Å²) in [5.41, 5.74) is 5.41. The average Bonchev–Trinajstić information content (AvgIpc) is 3.03. The molecule has 1 amide bonds. The number of hydrogen-bond donors (Lipinski definition) is 0. The topological polar surface area (TPSA) is 62.1 Å². The van der Waals surface area contributed by atoms with Crippen LogP contribution in [0.15, 0.2) is 29.3 Å². The first-order valence-corrected chi connectivity index (χ1v) is 10.6. The van der Waals surface area contributed by atoms with Gasteiger partial charge >= 0.3 is 0 Å². The summed E-state index contributed by atoms with van der Waals surface area (Å²) in [5, 5.41) is 0. The van der Waals surface area contributed by atoms with Gasteiger partial charge in [-0.05, 0) is 37.5 Å². The molecule has 0 radical (unpaired) electrons. The van der Waals surface area contributed by atoms with Crippen LogP contribution in [-0.2, 0) is 22.5 Å². The zero-order valence-corrected chi connectivity index (χ0v) is 19.2. The van der Waals surface area contributed by atoms with Gasteiger partial charge in [0.25, 0.3) is 5.91 Å². The molecule has 0 bridgehead atoms. The van der Waals surface area contributed by atoms with Crippen molar-refractivity contribution < 1.29 is 19.0 Å². The molecule has 0 aliphatic rings. The van der Waals surface area contributed by atoms with Crippen LogP contribution in [0, 0.1) is 20.8 Å². The first-order valence-electron chi connectivity index (χ1n) is 9.76. The Balaban J connectivity index is 2.07. The molecule has 0 N–H and O–H groups in total. The Morgan fingerprint density at radius 2 is 1.63 bits per heavy atom. The molecule has 0 spiro atoms. The van der Waals surface area contributed by atoms with Crippen molar-refractivity contribution in [3.05, 3.63) is 51.3 Å². The number of aryl methyl sites for hydroxylation is 3. The molecule has 1 heterocycles. The van der Waals surface area contributed by atoms with Crippen molar-refractivity contribution in [3.63, 3.8) is 0 Å². The molecule has 0 fully saturated rings. The largest absolute Gasteiger partial charge is 0.493 e. The number of nitrogens with zero attached hydrogens (tertiary/aromatic N) is 2. The predicted octanol–water partition coefficient (Wildman–Crippen LogP) is 3.96.